The van der Waals surface area contributed by atoms with E-state index in [1.807, 2.05) is 0 Å². The Kier molecular flexibility index (Phi) is 24.1. The molecule has 0 atom stereocenters. The molecule has 28 heavy (non-hydrogen) atoms. The quantitative estimate of drug-likeness (QED) is 0.185. The van der Waals surface area contributed by atoms with E-state index < -0.39 is 5.97 Å². The zero-order valence-corrected chi connectivity index (χ0v) is 17.7. The first-order chi connectivity index (χ1) is 13.8. The highest BCUT2D eigenvalue weighted by atomic mass is 35.5. The second kappa shape index (κ2) is 24.6. The van der Waals surface area contributed by atoms with Crippen LogP contribution in [0.15, 0.2) is 0 Å². The molecule has 0 aliphatic heterocycles. The van der Waals surface area contributed by atoms with Crippen LogP contribution in [0.25, 0.3) is 0 Å². The molecule has 0 saturated carbocycles. The van der Waals surface area contributed by atoms with Crippen molar-refractivity contribution >= 4 is 17.6 Å². The van der Waals surface area contributed by atoms with Gasteiger partial charge in [-0.05, 0) is 12.8 Å². The van der Waals surface area contributed by atoms with Crippen molar-refractivity contribution in [2.24, 2.45) is 0 Å². The van der Waals surface area contributed by atoms with Crippen LogP contribution < -0.4 is 0 Å². The molecule has 0 amide bonds. The van der Waals surface area contributed by atoms with Crippen molar-refractivity contribution in [3.63, 3.8) is 0 Å². The molecule has 0 unspecified atom stereocenters. The molecule has 0 fully saturated rings. The molecule has 9 heteroatoms. The first kappa shape index (κ1) is 27.5. The minimum absolute atomic E-state index is 0.0116. The van der Waals surface area contributed by atoms with Crippen molar-refractivity contribution in [1.82, 2.24) is 0 Å². The molecule has 0 aliphatic carbocycles. The van der Waals surface area contributed by atoms with Gasteiger partial charge in [0, 0.05) is 12.5 Å². The van der Waals surface area contributed by atoms with E-state index in [1.54, 1.807) is 0 Å². The van der Waals surface area contributed by atoms with E-state index >= 15 is 0 Å². The van der Waals surface area contributed by atoms with Gasteiger partial charge in [-0.2, -0.15) is 0 Å². The summed E-state index contributed by atoms with van der Waals surface area (Å²) in [4.78, 5) is 10.3. The molecule has 0 aromatic carbocycles. The zero-order valence-electron chi connectivity index (χ0n) is 16.9. The Balaban J connectivity index is 2.99. The van der Waals surface area contributed by atoms with Gasteiger partial charge in [0.15, 0.2) is 0 Å². The number of unbranched alkanes of at least 4 members (excludes halogenated alkanes) is 3. The lowest BCUT2D eigenvalue weighted by Crippen LogP contribution is -2.14. The molecule has 8 nitrogen and oxygen atoms in total. The maximum atomic E-state index is 10.3. The highest BCUT2D eigenvalue weighted by molar-refractivity contribution is 6.17. The van der Waals surface area contributed by atoms with Crippen molar-refractivity contribution in [3.8, 4) is 0 Å². The summed E-state index contributed by atoms with van der Waals surface area (Å²) >= 11 is 5.62. The Morgan fingerprint density at radius 2 is 0.893 bits per heavy atom. The first-order valence-electron chi connectivity index (χ1n) is 10.0. The molecule has 0 aliphatic rings. The van der Waals surface area contributed by atoms with Gasteiger partial charge >= 0.3 is 5.97 Å². The van der Waals surface area contributed by atoms with Crippen molar-refractivity contribution < 1.29 is 38.3 Å². The normalized spacial score (nSPS) is 11.2. The highest BCUT2D eigenvalue weighted by Crippen LogP contribution is 2.01. The second-order valence-electron chi connectivity index (χ2n) is 5.92. The van der Waals surface area contributed by atoms with Crippen molar-refractivity contribution in [3.05, 3.63) is 0 Å². The van der Waals surface area contributed by atoms with Gasteiger partial charge in [-0.15, -0.1) is 11.6 Å². The fraction of sp³-hybridized carbons (Fsp3) is 0.947. The molecule has 0 bridgehead atoms. The van der Waals surface area contributed by atoms with Gasteiger partial charge in [0.05, 0.1) is 79.1 Å². The van der Waals surface area contributed by atoms with E-state index in [9.17, 15) is 4.79 Å². The largest absolute Gasteiger partial charge is 0.481 e. The van der Waals surface area contributed by atoms with E-state index in [4.69, 9.17) is 45.1 Å². The summed E-state index contributed by atoms with van der Waals surface area (Å²) in [6.45, 7) is 6.05. The van der Waals surface area contributed by atoms with Crippen LogP contribution in [0.3, 0.4) is 0 Å². The topological polar surface area (TPSA) is 92.7 Å². The van der Waals surface area contributed by atoms with Crippen LogP contribution >= 0.6 is 11.6 Å². The molecule has 0 aromatic heterocycles. The second-order valence-corrected chi connectivity index (χ2v) is 6.30. The molecular weight excluding hydrogens is 392 g/mol. The average Bonchev–Trinajstić information content (AvgIpc) is 2.68. The van der Waals surface area contributed by atoms with Gasteiger partial charge in [-0.3, -0.25) is 4.79 Å². The molecule has 0 aromatic rings. The predicted octanol–water partition coefficient (Wildman–Crippen LogP) is 2.36. The molecule has 0 radical (unpaired) electrons. The summed E-state index contributed by atoms with van der Waals surface area (Å²) < 4.78 is 32.0. The summed E-state index contributed by atoms with van der Waals surface area (Å²) in [6.07, 6.45) is 4.50. The van der Waals surface area contributed by atoms with Crippen LogP contribution in [0, 0.1) is 0 Å². The first-order valence-corrected chi connectivity index (χ1v) is 10.5. The van der Waals surface area contributed by atoms with Crippen LogP contribution in [0.2, 0.25) is 0 Å². The Morgan fingerprint density at radius 3 is 1.29 bits per heavy atom. The van der Waals surface area contributed by atoms with Crippen LogP contribution in [0.1, 0.15) is 32.1 Å². The van der Waals surface area contributed by atoms with Gasteiger partial charge in [0.1, 0.15) is 0 Å². The molecule has 168 valence electrons. The summed E-state index contributed by atoms with van der Waals surface area (Å²) in [5.74, 6) is -0.122. The summed E-state index contributed by atoms with van der Waals surface area (Å²) in [7, 11) is 0. The third-order valence-corrected chi connectivity index (χ3v) is 3.76. The summed E-state index contributed by atoms with van der Waals surface area (Å²) in [5, 5.41) is 8.43. The number of halogens is 1. The molecule has 1 N–H and O–H groups in total. The van der Waals surface area contributed by atoms with E-state index in [-0.39, 0.29) is 13.0 Å². The van der Waals surface area contributed by atoms with Crippen molar-refractivity contribution in [1.29, 1.82) is 0 Å². The Bertz CT molecular complexity index is 320. The van der Waals surface area contributed by atoms with Crippen molar-refractivity contribution in [2.75, 3.05) is 85.2 Å². The highest BCUT2D eigenvalue weighted by Gasteiger charge is 1.97. The summed E-state index contributed by atoms with van der Waals surface area (Å²) in [6, 6.07) is 0. The fourth-order valence-corrected chi connectivity index (χ4v) is 2.20. The van der Waals surface area contributed by atoms with Crippen LogP contribution in [-0.2, 0) is 33.2 Å². The molecule has 0 heterocycles. The Morgan fingerprint density at radius 1 is 0.536 bits per heavy atom. The van der Waals surface area contributed by atoms with E-state index in [0.717, 1.165) is 25.3 Å². The number of ether oxygens (including phenoxy) is 6. The molecular formula is C19H37ClO8. The number of aliphatic carboxylic acids is 1. The minimum atomic E-state index is -0.864. The minimum Gasteiger partial charge on any atom is -0.481 e. The van der Waals surface area contributed by atoms with E-state index in [0.29, 0.717) is 66.1 Å². The number of carbonyl (C=O) groups is 1. The third-order valence-electron chi connectivity index (χ3n) is 3.49. The lowest BCUT2D eigenvalue weighted by atomic mass is 10.2. The number of alkyl halides is 1. The predicted molar refractivity (Wildman–Crippen MR) is 106 cm³/mol. The average molecular weight is 429 g/mol. The van der Waals surface area contributed by atoms with E-state index in [1.165, 1.54) is 12.8 Å². The Hall–Kier alpha value is -0.480. The Labute approximate surface area is 173 Å². The third kappa shape index (κ3) is 25.5. The molecule has 0 saturated heterocycles. The molecule has 0 spiro atoms. The smallest absolute Gasteiger partial charge is 0.305 e. The number of carboxylic acids is 1. The van der Waals surface area contributed by atoms with Gasteiger partial charge in [-0.1, -0.05) is 12.8 Å². The van der Waals surface area contributed by atoms with Gasteiger partial charge in [0.25, 0.3) is 0 Å². The fourth-order valence-electron chi connectivity index (χ4n) is 2.01. The maximum absolute atomic E-state index is 10.3. The van der Waals surface area contributed by atoms with E-state index in [2.05, 4.69) is 0 Å². The summed E-state index contributed by atoms with van der Waals surface area (Å²) in [5.41, 5.74) is 0. The molecule has 0 rings (SSSR count). The number of rotatable bonds is 24. The number of hydrogen-bond acceptors (Lipinski definition) is 7. The van der Waals surface area contributed by atoms with Crippen LogP contribution in [0.4, 0.5) is 0 Å². The standard InChI is InChI=1S/C19H37ClO8/c20-6-3-1-2-4-7-23-9-11-25-13-15-27-17-18-28-16-14-26-12-10-24-8-5-19(21)22/h1-18H2,(H,21,22). The number of carboxylic acid groups (broad SMARTS) is 1. The zero-order chi connectivity index (χ0) is 20.5. The van der Waals surface area contributed by atoms with Gasteiger partial charge in [0.2, 0.25) is 0 Å². The van der Waals surface area contributed by atoms with Crippen molar-refractivity contribution in [2.45, 2.75) is 32.1 Å². The van der Waals surface area contributed by atoms with Crippen LogP contribution in [0.5, 0.6) is 0 Å². The van der Waals surface area contributed by atoms with Crippen LogP contribution in [-0.4, -0.2) is 96.2 Å². The SMILES string of the molecule is O=C(O)CCOCCOCCOCCOCCOCCOCCCCCCCl. The monoisotopic (exact) mass is 428 g/mol. The lowest BCUT2D eigenvalue weighted by molar-refractivity contribution is -0.138. The van der Waals surface area contributed by atoms with Gasteiger partial charge in [-0.25, -0.2) is 0 Å². The maximum Gasteiger partial charge on any atom is 0.305 e. The number of hydrogen-bond donors (Lipinski definition) is 1. The van der Waals surface area contributed by atoms with Gasteiger partial charge < -0.3 is 33.5 Å². The lowest BCUT2D eigenvalue weighted by Gasteiger charge is -2.08.